The fourth-order valence-corrected chi connectivity index (χ4v) is 1.31. The Balaban J connectivity index is 2.39. The molecule has 2 nitrogen and oxygen atoms in total. The third kappa shape index (κ3) is 1.16. The van der Waals surface area contributed by atoms with Gasteiger partial charge < -0.3 is 9.84 Å². The number of aliphatic hydroxyl groups excluding tert-OH is 1. The van der Waals surface area contributed by atoms with E-state index in [1.54, 1.807) is 6.08 Å². The Bertz CT molecular complexity index is 330. The highest BCUT2D eigenvalue weighted by atomic mass is 16.5. The molecule has 0 aromatic heterocycles. The smallest absolute Gasteiger partial charge is 0.151 e. The average molecular weight is 162 g/mol. The molecule has 2 rings (SSSR count). The number of fused-ring (bicyclic) bond motifs is 1. The predicted octanol–water partition coefficient (Wildman–Crippen LogP) is 2.58. The molecule has 0 unspecified atom stereocenters. The molecule has 2 aliphatic rings. The van der Waals surface area contributed by atoms with Crippen molar-refractivity contribution in [1.82, 2.24) is 0 Å². The minimum Gasteiger partial charge on any atom is -0.505 e. The molecule has 0 spiro atoms. The normalized spacial score (nSPS) is 21.1. The van der Waals surface area contributed by atoms with Crippen molar-refractivity contribution in [3.63, 3.8) is 0 Å². The zero-order valence-electron chi connectivity index (χ0n) is 6.87. The highest BCUT2D eigenvalue weighted by Crippen LogP contribution is 2.27. The maximum atomic E-state index is 9.14. The lowest BCUT2D eigenvalue weighted by Crippen LogP contribution is -2.01. The molecule has 12 heavy (non-hydrogen) atoms. The standard InChI is InChI=1S/C10H10O2/c1-7-2-3-10-8(4-7)5-9(11)6-12-10/h3-6,11H,2H2,1H3. The van der Waals surface area contributed by atoms with Crippen LogP contribution in [0, 0.1) is 0 Å². The van der Waals surface area contributed by atoms with Gasteiger partial charge in [-0.1, -0.05) is 11.6 Å². The molecule has 0 aromatic carbocycles. The first-order valence-electron chi connectivity index (χ1n) is 3.91. The highest BCUT2D eigenvalue weighted by Gasteiger charge is 2.13. The molecule has 1 aliphatic carbocycles. The number of hydrogen-bond donors (Lipinski definition) is 1. The van der Waals surface area contributed by atoms with Crippen LogP contribution in [0.4, 0.5) is 0 Å². The summed E-state index contributed by atoms with van der Waals surface area (Å²) in [6.07, 6.45) is 8.03. The van der Waals surface area contributed by atoms with Crippen LogP contribution in [0.5, 0.6) is 0 Å². The molecular formula is C10H10O2. The fraction of sp³-hybridized carbons (Fsp3) is 0.200. The summed E-state index contributed by atoms with van der Waals surface area (Å²) < 4.78 is 5.18. The lowest BCUT2D eigenvalue weighted by molar-refractivity contribution is 0.311. The van der Waals surface area contributed by atoms with E-state index in [1.165, 1.54) is 11.8 Å². The van der Waals surface area contributed by atoms with Gasteiger partial charge >= 0.3 is 0 Å². The molecule has 62 valence electrons. The monoisotopic (exact) mass is 162 g/mol. The van der Waals surface area contributed by atoms with E-state index in [9.17, 15) is 0 Å². The Hall–Kier alpha value is -1.44. The summed E-state index contributed by atoms with van der Waals surface area (Å²) in [5, 5.41) is 9.14. The zero-order valence-corrected chi connectivity index (χ0v) is 6.87. The molecule has 0 amide bonds. The first kappa shape index (κ1) is 7.22. The Morgan fingerprint density at radius 1 is 1.42 bits per heavy atom. The van der Waals surface area contributed by atoms with Crippen LogP contribution in [0.25, 0.3) is 0 Å². The van der Waals surface area contributed by atoms with E-state index in [2.05, 4.69) is 6.92 Å². The van der Waals surface area contributed by atoms with E-state index in [1.807, 2.05) is 12.2 Å². The molecule has 0 bridgehead atoms. The van der Waals surface area contributed by atoms with Crippen molar-refractivity contribution < 1.29 is 9.84 Å². The van der Waals surface area contributed by atoms with Crippen molar-refractivity contribution in [3.8, 4) is 0 Å². The van der Waals surface area contributed by atoms with Gasteiger partial charge in [-0.3, -0.25) is 0 Å². The average Bonchev–Trinajstić information content (AvgIpc) is 2.03. The van der Waals surface area contributed by atoms with Crippen LogP contribution < -0.4 is 0 Å². The van der Waals surface area contributed by atoms with E-state index in [4.69, 9.17) is 9.84 Å². The Kier molecular flexibility index (Phi) is 1.54. The van der Waals surface area contributed by atoms with Crippen LogP contribution in [0.3, 0.4) is 0 Å². The van der Waals surface area contributed by atoms with Gasteiger partial charge in [0, 0.05) is 5.57 Å². The van der Waals surface area contributed by atoms with E-state index >= 15 is 0 Å². The van der Waals surface area contributed by atoms with Crippen LogP contribution in [-0.4, -0.2) is 5.11 Å². The van der Waals surface area contributed by atoms with Gasteiger partial charge in [0.2, 0.25) is 0 Å². The van der Waals surface area contributed by atoms with Crippen LogP contribution in [0.15, 0.2) is 47.2 Å². The van der Waals surface area contributed by atoms with E-state index in [-0.39, 0.29) is 5.76 Å². The quantitative estimate of drug-likeness (QED) is 0.593. The summed E-state index contributed by atoms with van der Waals surface area (Å²) in [4.78, 5) is 0. The Morgan fingerprint density at radius 2 is 2.25 bits per heavy atom. The lowest BCUT2D eigenvalue weighted by atomic mass is 10.0. The molecule has 0 saturated carbocycles. The molecule has 0 radical (unpaired) electrons. The topological polar surface area (TPSA) is 29.5 Å². The maximum absolute atomic E-state index is 9.14. The Morgan fingerprint density at radius 3 is 3.08 bits per heavy atom. The summed E-state index contributed by atoms with van der Waals surface area (Å²) in [7, 11) is 0. The molecular weight excluding hydrogens is 152 g/mol. The predicted molar refractivity (Wildman–Crippen MR) is 46.3 cm³/mol. The van der Waals surface area contributed by atoms with Gasteiger partial charge in [-0.2, -0.15) is 0 Å². The summed E-state index contributed by atoms with van der Waals surface area (Å²) >= 11 is 0. The zero-order chi connectivity index (χ0) is 8.55. The summed E-state index contributed by atoms with van der Waals surface area (Å²) in [5.74, 6) is 1.02. The second-order valence-electron chi connectivity index (χ2n) is 3.02. The minimum absolute atomic E-state index is 0.174. The van der Waals surface area contributed by atoms with Crippen molar-refractivity contribution in [2.45, 2.75) is 13.3 Å². The van der Waals surface area contributed by atoms with Crippen LogP contribution >= 0.6 is 0 Å². The number of allylic oxidation sites excluding steroid dienone is 4. The number of rotatable bonds is 0. The van der Waals surface area contributed by atoms with Crippen molar-refractivity contribution in [2.75, 3.05) is 0 Å². The van der Waals surface area contributed by atoms with E-state index < -0.39 is 0 Å². The van der Waals surface area contributed by atoms with Gasteiger partial charge in [0.25, 0.3) is 0 Å². The second-order valence-corrected chi connectivity index (χ2v) is 3.02. The number of aliphatic hydroxyl groups is 1. The molecule has 0 fully saturated rings. The summed E-state index contributed by atoms with van der Waals surface area (Å²) in [6.45, 7) is 2.06. The number of ether oxygens (including phenoxy) is 1. The largest absolute Gasteiger partial charge is 0.505 e. The van der Waals surface area contributed by atoms with Gasteiger partial charge in [-0.15, -0.1) is 0 Å². The Labute approximate surface area is 71.2 Å². The molecule has 1 N–H and O–H groups in total. The van der Waals surface area contributed by atoms with Crippen LogP contribution in [-0.2, 0) is 4.74 Å². The highest BCUT2D eigenvalue weighted by molar-refractivity contribution is 5.46. The second kappa shape index (κ2) is 2.55. The molecule has 2 heteroatoms. The van der Waals surface area contributed by atoms with Crippen molar-refractivity contribution in [2.24, 2.45) is 0 Å². The third-order valence-corrected chi connectivity index (χ3v) is 1.91. The maximum Gasteiger partial charge on any atom is 0.151 e. The third-order valence-electron chi connectivity index (χ3n) is 1.91. The SMILES string of the molecule is CC1=CC2=CC(O)=COC2=CC1. The van der Waals surface area contributed by atoms with Gasteiger partial charge in [0.05, 0.1) is 0 Å². The van der Waals surface area contributed by atoms with E-state index in [0.717, 1.165) is 17.8 Å². The van der Waals surface area contributed by atoms with E-state index in [0.29, 0.717) is 0 Å². The van der Waals surface area contributed by atoms with Crippen molar-refractivity contribution in [3.05, 3.63) is 47.2 Å². The molecule has 1 aliphatic heterocycles. The summed E-state index contributed by atoms with van der Waals surface area (Å²) in [5.41, 5.74) is 2.24. The van der Waals surface area contributed by atoms with Crippen molar-refractivity contribution in [1.29, 1.82) is 0 Å². The van der Waals surface area contributed by atoms with Gasteiger partial charge in [0.15, 0.2) is 5.76 Å². The number of hydrogen-bond acceptors (Lipinski definition) is 2. The molecule has 0 saturated heterocycles. The fourth-order valence-electron chi connectivity index (χ4n) is 1.31. The minimum atomic E-state index is 0.174. The van der Waals surface area contributed by atoms with Crippen molar-refractivity contribution >= 4 is 0 Å². The molecule has 0 aromatic rings. The first-order valence-corrected chi connectivity index (χ1v) is 3.91. The molecule has 0 atom stereocenters. The van der Waals surface area contributed by atoms with Gasteiger partial charge in [-0.25, -0.2) is 0 Å². The first-order chi connectivity index (χ1) is 5.75. The summed E-state index contributed by atoms with van der Waals surface area (Å²) in [6, 6.07) is 0. The molecule has 1 heterocycles. The van der Waals surface area contributed by atoms with Crippen LogP contribution in [0.2, 0.25) is 0 Å². The lowest BCUT2D eigenvalue weighted by Gasteiger charge is -2.17. The van der Waals surface area contributed by atoms with Gasteiger partial charge in [0.1, 0.15) is 12.0 Å². The van der Waals surface area contributed by atoms with Gasteiger partial charge in [-0.05, 0) is 25.5 Å². The van der Waals surface area contributed by atoms with Crippen LogP contribution in [0.1, 0.15) is 13.3 Å².